The Hall–Kier alpha value is -2.32. The van der Waals surface area contributed by atoms with Crippen LogP contribution in [0.3, 0.4) is 0 Å². The minimum absolute atomic E-state index is 0.153. The molecule has 0 saturated heterocycles. The summed E-state index contributed by atoms with van der Waals surface area (Å²) >= 11 is 1.57. The normalized spacial score (nSPS) is 15.8. The molecule has 0 radical (unpaired) electrons. The molecule has 0 fully saturated rings. The van der Waals surface area contributed by atoms with E-state index in [2.05, 4.69) is 37.1 Å². The van der Waals surface area contributed by atoms with Gasteiger partial charge in [0.2, 0.25) is 0 Å². The van der Waals surface area contributed by atoms with Crippen LogP contribution in [0.15, 0.2) is 24.3 Å². The molecule has 2 aromatic rings. The summed E-state index contributed by atoms with van der Waals surface area (Å²) in [5.41, 5.74) is 3.53. The number of hydrogen-bond donors (Lipinski definition) is 1. The Kier molecular flexibility index (Phi) is 5.63. The number of nitrogens with one attached hydrogen (secondary N) is 1. The Labute approximate surface area is 159 Å². The van der Waals surface area contributed by atoms with Crippen LogP contribution in [0.2, 0.25) is 0 Å². The van der Waals surface area contributed by atoms with E-state index >= 15 is 0 Å². The molecule has 1 aliphatic rings. The van der Waals surface area contributed by atoms with E-state index in [-0.39, 0.29) is 5.91 Å². The maximum atomic E-state index is 12.7. The van der Waals surface area contributed by atoms with Gasteiger partial charge in [0.25, 0.3) is 5.91 Å². The van der Waals surface area contributed by atoms with Gasteiger partial charge in [-0.15, -0.1) is 11.3 Å². The fraction of sp³-hybridized carbons (Fsp3) is 0.429. The average Bonchev–Trinajstić information content (AvgIpc) is 2.99. The van der Waals surface area contributed by atoms with E-state index in [4.69, 9.17) is 0 Å². The van der Waals surface area contributed by atoms with Gasteiger partial charge in [-0.25, -0.2) is 0 Å². The monoisotopic (exact) mass is 367 g/mol. The standard InChI is InChI=1S/C21H25N3OS/c1-4-24(5-2)16-9-7-15(8-10-16)20(25)23-21-18(13-22)17-11-6-14(3)12-19(17)26-21/h7-10,14H,4-6,11-12H2,1-3H3,(H,23,25)/t14-/m0/s1. The molecule has 0 unspecified atom stereocenters. The van der Waals surface area contributed by atoms with Crippen LogP contribution in [0, 0.1) is 17.2 Å². The number of hydrogen-bond acceptors (Lipinski definition) is 4. The summed E-state index contributed by atoms with van der Waals surface area (Å²) in [6.07, 6.45) is 3.05. The second-order valence-corrected chi connectivity index (χ2v) is 7.95. The Balaban J connectivity index is 1.79. The van der Waals surface area contributed by atoms with Crippen molar-refractivity contribution in [2.24, 2.45) is 5.92 Å². The van der Waals surface area contributed by atoms with E-state index in [0.717, 1.165) is 43.6 Å². The maximum absolute atomic E-state index is 12.7. The maximum Gasteiger partial charge on any atom is 0.256 e. The van der Waals surface area contributed by atoms with Crippen molar-refractivity contribution >= 4 is 27.9 Å². The van der Waals surface area contributed by atoms with E-state index in [1.807, 2.05) is 24.3 Å². The molecule has 1 atom stereocenters. The van der Waals surface area contributed by atoms with E-state index in [1.165, 1.54) is 4.88 Å². The number of carbonyl (C=O) groups excluding carboxylic acids is 1. The lowest BCUT2D eigenvalue weighted by Crippen LogP contribution is -2.21. The van der Waals surface area contributed by atoms with Crippen molar-refractivity contribution in [2.75, 3.05) is 23.3 Å². The number of benzene rings is 1. The van der Waals surface area contributed by atoms with Crippen molar-refractivity contribution in [2.45, 2.75) is 40.0 Å². The van der Waals surface area contributed by atoms with Gasteiger partial charge in [0.15, 0.2) is 0 Å². The quantitative estimate of drug-likeness (QED) is 0.822. The van der Waals surface area contributed by atoms with Crippen molar-refractivity contribution in [3.05, 3.63) is 45.8 Å². The smallest absolute Gasteiger partial charge is 0.256 e. The zero-order chi connectivity index (χ0) is 18.7. The molecule has 0 spiro atoms. The minimum atomic E-state index is -0.153. The Bertz CT molecular complexity index is 828. The molecule has 1 heterocycles. The van der Waals surface area contributed by atoms with Gasteiger partial charge in [0.1, 0.15) is 11.1 Å². The first kappa shape index (κ1) is 18.5. The molecule has 136 valence electrons. The fourth-order valence-corrected chi connectivity index (χ4v) is 4.90. The van der Waals surface area contributed by atoms with Crippen molar-refractivity contribution < 1.29 is 4.79 Å². The number of thiophene rings is 1. The molecular formula is C21H25N3OS. The Morgan fingerprint density at radius 1 is 1.31 bits per heavy atom. The van der Waals surface area contributed by atoms with Gasteiger partial charge in [0.05, 0.1) is 5.56 Å². The van der Waals surface area contributed by atoms with Gasteiger partial charge >= 0.3 is 0 Å². The van der Waals surface area contributed by atoms with Crippen molar-refractivity contribution in [3.63, 3.8) is 0 Å². The number of rotatable bonds is 5. The zero-order valence-corrected chi connectivity index (χ0v) is 16.4. The summed E-state index contributed by atoms with van der Waals surface area (Å²) in [6.45, 7) is 8.35. The molecule has 1 N–H and O–H groups in total. The third kappa shape index (κ3) is 3.61. The van der Waals surface area contributed by atoms with E-state index < -0.39 is 0 Å². The molecule has 0 saturated carbocycles. The molecule has 1 amide bonds. The summed E-state index contributed by atoms with van der Waals surface area (Å²) in [4.78, 5) is 16.1. The molecule has 1 aliphatic carbocycles. The van der Waals surface area contributed by atoms with Gasteiger partial charge in [-0.2, -0.15) is 5.26 Å². The second kappa shape index (κ2) is 7.92. The number of anilines is 2. The highest BCUT2D eigenvalue weighted by Gasteiger charge is 2.24. The van der Waals surface area contributed by atoms with Crippen LogP contribution in [0.5, 0.6) is 0 Å². The lowest BCUT2D eigenvalue weighted by Gasteiger charge is -2.21. The van der Waals surface area contributed by atoms with Crippen molar-refractivity contribution in [1.29, 1.82) is 5.26 Å². The number of carbonyl (C=O) groups is 1. The zero-order valence-electron chi connectivity index (χ0n) is 15.6. The first-order valence-corrected chi connectivity index (χ1v) is 10.1. The fourth-order valence-electron chi connectivity index (χ4n) is 3.54. The van der Waals surface area contributed by atoms with E-state index in [0.29, 0.717) is 22.0 Å². The third-order valence-corrected chi connectivity index (χ3v) is 6.28. The third-order valence-electron chi connectivity index (χ3n) is 5.11. The van der Waals surface area contributed by atoms with Gasteiger partial charge < -0.3 is 10.2 Å². The van der Waals surface area contributed by atoms with E-state index in [1.54, 1.807) is 11.3 Å². The summed E-state index contributed by atoms with van der Waals surface area (Å²) in [5.74, 6) is 0.489. The molecule has 1 aromatic carbocycles. The largest absolute Gasteiger partial charge is 0.372 e. The summed E-state index contributed by atoms with van der Waals surface area (Å²) < 4.78 is 0. The van der Waals surface area contributed by atoms with Crippen molar-refractivity contribution in [1.82, 2.24) is 0 Å². The Morgan fingerprint density at radius 3 is 2.62 bits per heavy atom. The van der Waals surface area contributed by atoms with Crippen LogP contribution in [0.4, 0.5) is 10.7 Å². The highest BCUT2D eigenvalue weighted by Crippen LogP contribution is 2.39. The molecule has 26 heavy (non-hydrogen) atoms. The molecular weight excluding hydrogens is 342 g/mol. The van der Waals surface area contributed by atoms with Crippen LogP contribution in [-0.2, 0) is 12.8 Å². The van der Waals surface area contributed by atoms with Gasteiger partial charge in [-0.3, -0.25) is 4.79 Å². The Morgan fingerprint density at radius 2 is 2.00 bits per heavy atom. The molecule has 5 heteroatoms. The predicted molar refractivity (Wildman–Crippen MR) is 108 cm³/mol. The van der Waals surface area contributed by atoms with Crippen LogP contribution in [0.1, 0.15) is 53.6 Å². The molecule has 3 rings (SSSR count). The van der Waals surface area contributed by atoms with Gasteiger partial charge in [-0.1, -0.05) is 6.92 Å². The van der Waals surface area contributed by atoms with E-state index in [9.17, 15) is 10.1 Å². The first-order valence-electron chi connectivity index (χ1n) is 9.28. The number of amides is 1. The molecule has 1 aromatic heterocycles. The van der Waals surface area contributed by atoms with Gasteiger partial charge in [0, 0.05) is 29.2 Å². The number of nitrogens with zero attached hydrogens (tertiary/aromatic N) is 2. The summed E-state index contributed by atoms with van der Waals surface area (Å²) in [6, 6.07) is 9.97. The number of fused-ring (bicyclic) bond motifs is 1. The lowest BCUT2D eigenvalue weighted by atomic mass is 9.88. The minimum Gasteiger partial charge on any atom is -0.372 e. The van der Waals surface area contributed by atoms with Crippen LogP contribution < -0.4 is 10.2 Å². The van der Waals surface area contributed by atoms with Crippen molar-refractivity contribution in [3.8, 4) is 6.07 Å². The number of nitriles is 1. The van der Waals surface area contributed by atoms with Crippen LogP contribution in [0.25, 0.3) is 0 Å². The highest BCUT2D eigenvalue weighted by molar-refractivity contribution is 7.16. The predicted octanol–water partition coefficient (Wildman–Crippen LogP) is 4.84. The summed E-state index contributed by atoms with van der Waals surface area (Å²) in [7, 11) is 0. The molecule has 0 aliphatic heterocycles. The van der Waals surface area contributed by atoms with Crippen LogP contribution in [-0.4, -0.2) is 19.0 Å². The second-order valence-electron chi connectivity index (χ2n) is 6.84. The lowest BCUT2D eigenvalue weighted by molar-refractivity contribution is 0.102. The topological polar surface area (TPSA) is 56.1 Å². The van der Waals surface area contributed by atoms with Gasteiger partial charge in [-0.05, 0) is 68.9 Å². The SMILES string of the molecule is CCN(CC)c1ccc(C(=O)Nc2sc3c(c2C#N)CC[C@H](C)C3)cc1. The summed E-state index contributed by atoms with van der Waals surface area (Å²) in [5, 5.41) is 13.2. The molecule has 4 nitrogen and oxygen atoms in total. The highest BCUT2D eigenvalue weighted by atomic mass is 32.1. The van der Waals surface area contributed by atoms with Crippen LogP contribution >= 0.6 is 11.3 Å². The first-order chi connectivity index (χ1) is 12.6. The molecule has 0 bridgehead atoms. The average molecular weight is 368 g/mol.